The van der Waals surface area contributed by atoms with Crippen LogP contribution in [0, 0.1) is 0 Å². The van der Waals surface area contributed by atoms with Crippen LogP contribution in [0.15, 0.2) is 17.3 Å². The van der Waals surface area contributed by atoms with Crippen molar-refractivity contribution in [2.45, 2.75) is 90.4 Å². The van der Waals surface area contributed by atoms with Gasteiger partial charge in [-0.1, -0.05) is 88.4 Å². The Hall–Kier alpha value is -0.990. The van der Waals surface area contributed by atoms with Gasteiger partial charge in [-0.3, -0.25) is 0 Å². The molecule has 0 atom stereocenters. The molecule has 0 aliphatic rings. The van der Waals surface area contributed by atoms with Gasteiger partial charge >= 0.3 is 0 Å². The highest BCUT2D eigenvalue weighted by Gasteiger charge is 1.92. The third-order valence-corrected chi connectivity index (χ3v) is 3.60. The summed E-state index contributed by atoms with van der Waals surface area (Å²) in [5.74, 6) is 0.278. The number of nitrogens with two attached hydrogens (primary N) is 1. The number of hydrogen-bond acceptors (Lipinski definition) is 2. The van der Waals surface area contributed by atoms with Gasteiger partial charge in [-0.15, -0.1) is 0 Å². The summed E-state index contributed by atoms with van der Waals surface area (Å²) in [6.07, 6.45) is 21.0. The standard InChI is InChI=1S/C17H34N2O/c1-2-3-4-5-6-7-8-9-10-11-12-13-14-15-16-17(18)19-20/h14-15,20H,2-13,16H2,1H3,(H2,18,19). The van der Waals surface area contributed by atoms with Crippen LogP contribution in [0.5, 0.6) is 0 Å². The molecule has 0 spiro atoms. The van der Waals surface area contributed by atoms with Crippen molar-refractivity contribution < 1.29 is 5.21 Å². The van der Waals surface area contributed by atoms with Crippen molar-refractivity contribution in [3.8, 4) is 0 Å². The van der Waals surface area contributed by atoms with Gasteiger partial charge in [0.2, 0.25) is 0 Å². The fourth-order valence-electron chi connectivity index (χ4n) is 2.29. The van der Waals surface area contributed by atoms with Crippen LogP contribution in [0.25, 0.3) is 0 Å². The molecule has 0 heterocycles. The van der Waals surface area contributed by atoms with Crippen LogP contribution < -0.4 is 5.73 Å². The van der Waals surface area contributed by atoms with Crippen LogP contribution in [0.2, 0.25) is 0 Å². The third kappa shape index (κ3) is 15.1. The van der Waals surface area contributed by atoms with Gasteiger partial charge in [0.05, 0.1) is 0 Å². The number of unbranched alkanes of at least 4 members (excludes halogenated alkanes) is 11. The average molecular weight is 282 g/mol. The van der Waals surface area contributed by atoms with Gasteiger partial charge in [-0.25, -0.2) is 0 Å². The molecule has 0 aromatic carbocycles. The van der Waals surface area contributed by atoms with Crippen molar-refractivity contribution in [2.75, 3.05) is 0 Å². The Morgan fingerprint density at radius 3 is 1.85 bits per heavy atom. The molecular weight excluding hydrogens is 248 g/mol. The maximum Gasteiger partial charge on any atom is 0.142 e. The average Bonchev–Trinajstić information content (AvgIpc) is 2.47. The molecule has 118 valence electrons. The number of rotatable bonds is 14. The van der Waals surface area contributed by atoms with Crippen molar-refractivity contribution in [3.05, 3.63) is 12.2 Å². The van der Waals surface area contributed by atoms with E-state index in [9.17, 15) is 0 Å². The van der Waals surface area contributed by atoms with Crippen LogP contribution in [-0.4, -0.2) is 11.0 Å². The highest BCUT2D eigenvalue weighted by atomic mass is 16.4. The predicted molar refractivity (Wildman–Crippen MR) is 88.2 cm³/mol. The second kappa shape index (κ2) is 16.1. The maximum absolute atomic E-state index is 8.37. The van der Waals surface area contributed by atoms with E-state index in [0.29, 0.717) is 6.42 Å². The van der Waals surface area contributed by atoms with Crippen molar-refractivity contribution in [3.63, 3.8) is 0 Å². The number of oxime groups is 1. The minimum Gasteiger partial charge on any atom is -0.409 e. The van der Waals surface area contributed by atoms with E-state index in [0.717, 1.165) is 6.42 Å². The molecule has 0 fully saturated rings. The van der Waals surface area contributed by atoms with Gasteiger partial charge in [0.15, 0.2) is 0 Å². The lowest BCUT2D eigenvalue weighted by molar-refractivity contribution is 0.317. The van der Waals surface area contributed by atoms with Crippen LogP contribution in [0.1, 0.15) is 90.4 Å². The lowest BCUT2D eigenvalue weighted by Gasteiger charge is -2.01. The van der Waals surface area contributed by atoms with Gasteiger partial charge in [-0.05, 0) is 12.8 Å². The summed E-state index contributed by atoms with van der Waals surface area (Å²) in [4.78, 5) is 0. The van der Waals surface area contributed by atoms with Gasteiger partial charge in [0, 0.05) is 6.42 Å². The fraction of sp³-hybridized carbons (Fsp3) is 0.824. The SMILES string of the molecule is CCCCCCCCCCCCCC=CCC(N)=NO. The number of amidine groups is 1. The summed E-state index contributed by atoms with van der Waals surface area (Å²) in [6, 6.07) is 0. The summed E-state index contributed by atoms with van der Waals surface area (Å²) in [5, 5.41) is 11.3. The summed E-state index contributed by atoms with van der Waals surface area (Å²) in [6.45, 7) is 2.27. The van der Waals surface area contributed by atoms with E-state index in [4.69, 9.17) is 10.9 Å². The molecule has 0 aliphatic heterocycles. The molecule has 0 aliphatic carbocycles. The van der Waals surface area contributed by atoms with Crippen molar-refractivity contribution >= 4 is 5.84 Å². The monoisotopic (exact) mass is 282 g/mol. The molecule has 0 aromatic rings. The molecule has 3 N–H and O–H groups in total. The van der Waals surface area contributed by atoms with Gasteiger partial charge in [0.1, 0.15) is 5.84 Å². The highest BCUT2D eigenvalue weighted by molar-refractivity contribution is 5.80. The lowest BCUT2D eigenvalue weighted by atomic mass is 10.1. The molecule has 0 rings (SSSR count). The van der Waals surface area contributed by atoms with E-state index in [1.54, 1.807) is 0 Å². The van der Waals surface area contributed by atoms with Crippen molar-refractivity contribution in [2.24, 2.45) is 10.9 Å². The minimum atomic E-state index is 0.278. The van der Waals surface area contributed by atoms with E-state index in [-0.39, 0.29) is 5.84 Å². The Balaban J connectivity index is 3.10. The van der Waals surface area contributed by atoms with Gasteiger partial charge in [0.25, 0.3) is 0 Å². The summed E-state index contributed by atoms with van der Waals surface area (Å²) < 4.78 is 0. The Bertz CT molecular complexity index is 249. The Labute approximate surface area is 125 Å². The largest absolute Gasteiger partial charge is 0.409 e. The molecule has 0 saturated carbocycles. The molecule has 0 radical (unpaired) electrons. The Morgan fingerprint density at radius 1 is 0.850 bits per heavy atom. The predicted octanol–water partition coefficient (Wildman–Crippen LogP) is 5.38. The minimum absolute atomic E-state index is 0.278. The first kappa shape index (κ1) is 19.0. The first-order chi connectivity index (χ1) is 9.81. The molecule has 3 heteroatoms. The van der Waals surface area contributed by atoms with Crippen LogP contribution >= 0.6 is 0 Å². The number of nitrogens with zero attached hydrogens (tertiary/aromatic N) is 1. The van der Waals surface area contributed by atoms with Crippen LogP contribution in [-0.2, 0) is 0 Å². The van der Waals surface area contributed by atoms with E-state index >= 15 is 0 Å². The summed E-state index contributed by atoms with van der Waals surface area (Å²) in [7, 11) is 0. The van der Waals surface area contributed by atoms with Crippen LogP contribution in [0.3, 0.4) is 0 Å². The maximum atomic E-state index is 8.37. The lowest BCUT2D eigenvalue weighted by Crippen LogP contribution is -2.09. The fourth-order valence-corrected chi connectivity index (χ4v) is 2.29. The van der Waals surface area contributed by atoms with E-state index in [1.165, 1.54) is 70.6 Å². The molecule has 3 nitrogen and oxygen atoms in total. The van der Waals surface area contributed by atoms with Crippen molar-refractivity contribution in [1.29, 1.82) is 0 Å². The number of hydrogen-bond donors (Lipinski definition) is 2. The smallest absolute Gasteiger partial charge is 0.142 e. The molecular formula is C17H34N2O. The summed E-state index contributed by atoms with van der Waals surface area (Å²) >= 11 is 0. The first-order valence-corrected chi connectivity index (χ1v) is 8.42. The molecule has 0 amide bonds. The van der Waals surface area contributed by atoms with Gasteiger partial charge in [-0.2, -0.15) is 0 Å². The zero-order valence-electron chi connectivity index (χ0n) is 13.3. The van der Waals surface area contributed by atoms with E-state index in [1.807, 2.05) is 6.08 Å². The molecule has 0 bridgehead atoms. The molecule has 20 heavy (non-hydrogen) atoms. The zero-order chi connectivity index (χ0) is 14.9. The third-order valence-electron chi connectivity index (χ3n) is 3.60. The Morgan fingerprint density at radius 2 is 1.35 bits per heavy atom. The van der Waals surface area contributed by atoms with E-state index in [2.05, 4.69) is 18.2 Å². The summed E-state index contributed by atoms with van der Waals surface area (Å²) in [5.41, 5.74) is 5.37. The second-order valence-corrected chi connectivity index (χ2v) is 5.59. The quantitative estimate of drug-likeness (QED) is 0.112. The first-order valence-electron chi connectivity index (χ1n) is 8.42. The van der Waals surface area contributed by atoms with Crippen LogP contribution in [0.4, 0.5) is 0 Å². The topological polar surface area (TPSA) is 58.6 Å². The van der Waals surface area contributed by atoms with E-state index < -0.39 is 0 Å². The zero-order valence-corrected chi connectivity index (χ0v) is 13.3. The molecule has 0 saturated heterocycles. The van der Waals surface area contributed by atoms with Gasteiger partial charge < -0.3 is 10.9 Å². The number of allylic oxidation sites excluding steroid dienone is 1. The normalized spacial score (nSPS) is 12.3. The molecule has 0 aromatic heterocycles. The molecule has 0 unspecified atom stereocenters. The second-order valence-electron chi connectivity index (χ2n) is 5.59. The highest BCUT2D eigenvalue weighted by Crippen LogP contribution is 2.12. The van der Waals surface area contributed by atoms with Crippen molar-refractivity contribution in [1.82, 2.24) is 0 Å². The Kier molecular flexibility index (Phi) is 15.3.